The number of carbonyl (C=O) groups is 1. The summed E-state index contributed by atoms with van der Waals surface area (Å²) in [7, 11) is -3.85. The molecule has 0 spiro atoms. The van der Waals surface area contributed by atoms with E-state index in [0.29, 0.717) is 0 Å². The molecule has 2 aromatic rings. The summed E-state index contributed by atoms with van der Waals surface area (Å²) in [5, 5.41) is 6.40. The number of carbonyl (C=O) groups excluding carboxylic acids is 1. The first-order valence-corrected chi connectivity index (χ1v) is 10.4. The molecule has 0 saturated heterocycles. The van der Waals surface area contributed by atoms with Crippen molar-refractivity contribution in [3.8, 4) is 11.3 Å². The Hall–Kier alpha value is -2.40. The normalized spacial score (nSPS) is 13.5. The van der Waals surface area contributed by atoms with Crippen LogP contribution in [-0.4, -0.2) is 31.8 Å². The Labute approximate surface area is 166 Å². The lowest BCUT2D eigenvalue weighted by Crippen LogP contribution is -2.36. The number of nitrogens with zero attached hydrogens (tertiary/aromatic N) is 1. The number of aromatic nitrogens is 1. The summed E-state index contributed by atoms with van der Waals surface area (Å²) in [5.74, 6) is -0.541. The summed E-state index contributed by atoms with van der Waals surface area (Å²) in [6.45, 7) is 5.02. The SMILES string of the molecule is CC(C)C(C)NC(=O)c1noc(-c2ccc(C(F)(F)F)cc2)c1COS(C)(=O)=O. The second-order valence-corrected chi connectivity index (χ2v) is 8.53. The summed E-state index contributed by atoms with van der Waals surface area (Å²) in [4.78, 5) is 12.5. The lowest BCUT2D eigenvalue weighted by Gasteiger charge is -2.16. The zero-order chi connectivity index (χ0) is 22.0. The number of hydrogen-bond acceptors (Lipinski definition) is 6. The molecule has 11 heteroatoms. The van der Waals surface area contributed by atoms with E-state index in [-0.39, 0.29) is 34.5 Å². The van der Waals surface area contributed by atoms with Crippen molar-refractivity contribution in [2.24, 2.45) is 5.92 Å². The smallest absolute Gasteiger partial charge is 0.355 e. The van der Waals surface area contributed by atoms with Crippen LogP contribution in [0, 0.1) is 5.92 Å². The minimum absolute atomic E-state index is 0.0173. The monoisotopic (exact) mass is 434 g/mol. The second kappa shape index (κ2) is 8.54. The standard InChI is InChI=1S/C18H21F3N2O5S/c1-10(2)11(3)22-17(24)15-14(9-27-29(4,25)26)16(28-23-15)12-5-7-13(8-6-12)18(19,20)21/h5-8,10-11H,9H2,1-4H3,(H,22,24). The molecule has 0 bridgehead atoms. The Kier molecular flexibility index (Phi) is 6.74. The molecule has 1 atom stereocenters. The molecule has 1 aromatic heterocycles. The number of alkyl halides is 3. The van der Waals surface area contributed by atoms with Crippen molar-refractivity contribution >= 4 is 16.0 Å². The van der Waals surface area contributed by atoms with Gasteiger partial charge >= 0.3 is 6.18 Å². The summed E-state index contributed by atoms with van der Waals surface area (Å²) in [6.07, 6.45) is -3.68. The van der Waals surface area contributed by atoms with Gasteiger partial charge in [-0.05, 0) is 25.0 Å². The molecule has 0 saturated carbocycles. The Balaban J connectivity index is 2.44. The fourth-order valence-corrected chi connectivity index (χ4v) is 2.60. The van der Waals surface area contributed by atoms with Crippen molar-refractivity contribution < 1.29 is 35.1 Å². The molecular formula is C18H21F3N2O5S. The van der Waals surface area contributed by atoms with Gasteiger partial charge in [-0.15, -0.1) is 0 Å². The maximum absolute atomic E-state index is 12.8. The highest BCUT2D eigenvalue weighted by Gasteiger charge is 2.31. The highest BCUT2D eigenvalue weighted by molar-refractivity contribution is 7.85. The summed E-state index contributed by atoms with van der Waals surface area (Å²) in [6, 6.07) is 3.77. The van der Waals surface area contributed by atoms with Crippen LogP contribution in [0.5, 0.6) is 0 Å². The van der Waals surface area contributed by atoms with Gasteiger partial charge in [0.15, 0.2) is 11.5 Å². The third kappa shape index (κ3) is 6.04. The number of halogens is 3. The first kappa shape index (κ1) is 22.9. The van der Waals surface area contributed by atoms with Crippen molar-refractivity contribution in [1.82, 2.24) is 10.5 Å². The minimum atomic E-state index is -4.51. The number of rotatable bonds is 7. The molecule has 0 fully saturated rings. The summed E-state index contributed by atoms with van der Waals surface area (Å²) >= 11 is 0. The van der Waals surface area contributed by atoms with Crippen LogP contribution in [0.25, 0.3) is 11.3 Å². The van der Waals surface area contributed by atoms with Crippen LogP contribution in [0.4, 0.5) is 13.2 Å². The molecule has 2 rings (SSSR count). The van der Waals surface area contributed by atoms with E-state index in [9.17, 15) is 26.4 Å². The quantitative estimate of drug-likeness (QED) is 0.669. The molecule has 0 radical (unpaired) electrons. The summed E-state index contributed by atoms with van der Waals surface area (Å²) < 4.78 is 71.0. The van der Waals surface area contributed by atoms with E-state index in [1.165, 1.54) is 0 Å². The van der Waals surface area contributed by atoms with Crippen molar-refractivity contribution in [1.29, 1.82) is 0 Å². The van der Waals surface area contributed by atoms with Gasteiger partial charge in [-0.2, -0.15) is 21.6 Å². The van der Waals surface area contributed by atoms with Crippen LogP contribution < -0.4 is 5.32 Å². The van der Waals surface area contributed by atoms with Crippen LogP contribution in [0.1, 0.15) is 42.4 Å². The van der Waals surface area contributed by atoms with E-state index >= 15 is 0 Å². The number of amides is 1. The number of hydrogen-bond donors (Lipinski definition) is 1. The van der Waals surface area contributed by atoms with Crippen molar-refractivity contribution in [2.45, 2.75) is 39.6 Å². The van der Waals surface area contributed by atoms with E-state index < -0.39 is 34.4 Å². The fraction of sp³-hybridized carbons (Fsp3) is 0.444. The predicted octanol–water partition coefficient (Wildman–Crippen LogP) is 3.61. The second-order valence-electron chi connectivity index (χ2n) is 6.89. The van der Waals surface area contributed by atoms with Gasteiger partial charge in [0, 0.05) is 11.6 Å². The van der Waals surface area contributed by atoms with Gasteiger partial charge < -0.3 is 9.84 Å². The van der Waals surface area contributed by atoms with Crippen LogP contribution in [0.15, 0.2) is 28.8 Å². The molecule has 1 N–H and O–H groups in total. The molecular weight excluding hydrogens is 413 g/mol. The molecule has 1 unspecified atom stereocenters. The topological polar surface area (TPSA) is 98.5 Å². The first-order valence-electron chi connectivity index (χ1n) is 8.61. The first-order chi connectivity index (χ1) is 13.3. The van der Waals surface area contributed by atoms with Gasteiger partial charge in [0.2, 0.25) is 0 Å². The van der Waals surface area contributed by atoms with Gasteiger partial charge in [0.05, 0.1) is 24.0 Å². The van der Waals surface area contributed by atoms with Gasteiger partial charge in [0.25, 0.3) is 16.0 Å². The van der Waals surface area contributed by atoms with Crippen LogP contribution in [-0.2, 0) is 27.1 Å². The third-order valence-corrected chi connectivity index (χ3v) is 4.80. The Morgan fingerprint density at radius 3 is 2.28 bits per heavy atom. The molecule has 1 aromatic carbocycles. The van der Waals surface area contributed by atoms with Crippen LogP contribution in [0.3, 0.4) is 0 Å². The van der Waals surface area contributed by atoms with Gasteiger partial charge in [-0.25, -0.2) is 0 Å². The van der Waals surface area contributed by atoms with Crippen molar-refractivity contribution in [3.05, 3.63) is 41.1 Å². The molecule has 29 heavy (non-hydrogen) atoms. The molecule has 1 amide bonds. The van der Waals surface area contributed by atoms with E-state index in [0.717, 1.165) is 30.5 Å². The Bertz CT molecular complexity index is 966. The maximum atomic E-state index is 12.8. The van der Waals surface area contributed by atoms with Gasteiger partial charge in [-0.3, -0.25) is 8.98 Å². The predicted molar refractivity (Wildman–Crippen MR) is 98.3 cm³/mol. The zero-order valence-corrected chi connectivity index (χ0v) is 17.0. The number of benzene rings is 1. The van der Waals surface area contributed by atoms with Gasteiger partial charge in [-0.1, -0.05) is 31.1 Å². The largest absolute Gasteiger partial charge is 0.416 e. The highest BCUT2D eigenvalue weighted by Crippen LogP contribution is 2.33. The average molecular weight is 434 g/mol. The molecule has 0 aliphatic heterocycles. The molecule has 1 heterocycles. The van der Waals surface area contributed by atoms with Crippen molar-refractivity contribution in [3.63, 3.8) is 0 Å². The zero-order valence-electron chi connectivity index (χ0n) is 16.2. The third-order valence-electron chi connectivity index (χ3n) is 4.25. The molecule has 0 aliphatic rings. The Morgan fingerprint density at radius 2 is 1.79 bits per heavy atom. The minimum Gasteiger partial charge on any atom is -0.355 e. The van der Waals surface area contributed by atoms with Crippen molar-refractivity contribution in [2.75, 3.05) is 6.26 Å². The number of nitrogens with one attached hydrogen (secondary N) is 1. The maximum Gasteiger partial charge on any atom is 0.416 e. The lowest BCUT2D eigenvalue weighted by molar-refractivity contribution is -0.137. The van der Waals surface area contributed by atoms with E-state index in [2.05, 4.69) is 10.5 Å². The summed E-state index contributed by atoms with van der Waals surface area (Å²) in [5.41, 5.74) is -0.855. The lowest BCUT2D eigenvalue weighted by atomic mass is 10.0. The average Bonchev–Trinajstić information content (AvgIpc) is 3.02. The van der Waals surface area contributed by atoms with E-state index in [1.54, 1.807) is 6.92 Å². The van der Waals surface area contributed by atoms with Gasteiger partial charge in [0.1, 0.15) is 0 Å². The van der Waals surface area contributed by atoms with Crippen LogP contribution in [0.2, 0.25) is 0 Å². The van der Waals surface area contributed by atoms with Crippen LogP contribution >= 0.6 is 0 Å². The van der Waals surface area contributed by atoms with E-state index in [1.807, 2.05) is 13.8 Å². The Morgan fingerprint density at radius 1 is 1.21 bits per heavy atom. The van der Waals surface area contributed by atoms with E-state index in [4.69, 9.17) is 8.71 Å². The fourth-order valence-electron chi connectivity index (χ4n) is 2.27. The molecule has 160 valence electrons. The molecule has 7 nitrogen and oxygen atoms in total. The highest BCUT2D eigenvalue weighted by atomic mass is 32.2. The molecule has 0 aliphatic carbocycles.